The maximum absolute atomic E-state index is 14.8. The van der Waals surface area contributed by atoms with Crippen LogP contribution >= 0.6 is 0 Å². The Morgan fingerprint density at radius 1 is 1.23 bits per heavy atom. The van der Waals surface area contributed by atoms with Crippen LogP contribution in [0.15, 0.2) is 24.4 Å². The van der Waals surface area contributed by atoms with Crippen LogP contribution in [0, 0.1) is 5.95 Å². The Kier molecular flexibility index (Phi) is 6.92. The molecule has 5 rings (SSSR count). The Hall–Kier alpha value is -3.11. The Morgan fingerprint density at radius 3 is 2.71 bits per heavy atom. The van der Waals surface area contributed by atoms with Crippen molar-refractivity contribution in [2.24, 2.45) is 0 Å². The summed E-state index contributed by atoms with van der Waals surface area (Å²) in [5, 5.41) is 4.73. The molecule has 0 radical (unpaired) electrons. The number of nitrogens with one attached hydrogen (secondary N) is 2. The number of piperidine rings is 1. The third-order valence-corrected chi connectivity index (χ3v) is 6.99. The Labute approximate surface area is 204 Å². The molecule has 3 aliphatic rings. The number of fused-ring (bicyclic) bond motifs is 1. The molecule has 2 amide bonds. The van der Waals surface area contributed by atoms with Crippen molar-refractivity contribution in [3.63, 3.8) is 0 Å². The van der Waals surface area contributed by atoms with Gasteiger partial charge in [0.25, 0.3) is 11.8 Å². The minimum Gasteiger partial charge on any atom is -0.463 e. The fourth-order valence-electron chi connectivity index (χ4n) is 5.00. The molecule has 3 aliphatic heterocycles. The highest BCUT2D eigenvalue weighted by atomic mass is 19.1. The van der Waals surface area contributed by atoms with Crippen LogP contribution in [-0.4, -0.2) is 64.0 Å². The van der Waals surface area contributed by atoms with E-state index in [0.717, 1.165) is 57.4 Å². The van der Waals surface area contributed by atoms with E-state index in [4.69, 9.17) is 4.74 Å². The molecule has 0 spiro atoms. The first-order valence-corrected chi connectivity index (χ1v) is 12.4. The zero-order chi connectivity index (χ0) is 24.4. The van der Waals surface area contributed by atoms with E-state index in [1.54, 1.807) is 18.3 Å². The maximum Gasteiger partial charge on any atom is 0.284 e. The molecule has 1 atom stereocenters. The Morgan fingerprint density at radius 2 is 2.00 bits per heavy atom. The molecule has 186 valence electrons. The predicted octanol–water partition coefficient (Wildman–Crippen LogP) is 2.85. The molecule has 35 heavy (non-hydrogen) atoms. The number of anilines is 1. The summed E-state index contributed by atoms with van der Waals surface area (Å²) in [4.78, 5) is 35.1. The second-order valence-corrected chi connectivity index (χ2v) is 9.46. The molecule has 0 aromatic carbocycles. The number of rotatable bonds is 6. The van der Waals surface area contributed by atoms with Gasteiger partial charge in [-0.2, -0.15) is 4.39 Å². The molecule has 0 saturated carbocycles. The molecule has 1 unspecified atom stereocenters. The number of hydrogen-bond acceptors (Lipinski definition) is 7. The molecule has 2 aromatic rings. The second-order valence-electron chi connectivity index (χ2n) is 9.46. The fourth-order valence-corrected chi connectivity index (χ4v) is 5.00. The standard InChI is InChI=1S/C25H31FN6O3/c1-2-21-24(34)29-20-13-16(14-27-25(20)35-21)15-31-11-7-17(8-12-31)18-5-6-19(28-22(18)26)23(33)30-32-9-3-4-10-32/h5-6,13-14,17,21H,2-4,7-12,15H2,1H3,(H,29,34)(H,30,33). The molecule has 2 aromatic heterocycles. The third-order valence-electron chi connectivity index (χ3n) is 6.99. The number of nitrogens with zero attached hydrogens (tertiary/aromatic N) is 4. The zero-order valence-electron chi connectivity index (χ0n) is 19.9. The molecular formula is C25H31FN6O3. The highest BCUT2D eigenvalue weighted by Crippen LogP contribution is 2.32. The summed E-state index contributed by atoms with van der Waals surface area (Å²) in [6.45, 7) is 5.83. The van der Waals surface area contributed by atoms with Crippen LogP contribution in [0.5, 0.6) is 5.88 Å². The number of pyridine rings is 2. The Balaban J connectivity index is 1.16. The van der Waals surface area contributed by atoms with Gasteiger partial charge in [0, 0.05) is 31.4 Å². The van der Waals surface area contributed by atoms with Crippen molar-refractivity contribution < 1.29 is 18.7 Å². The summed E-state index contributed by atoms with van der Waals surface area (Å²) in [5.41, 5.74) is 5.07. The lowest BCUT2D eigenvalue weighted by atomic mass is 9.90. The van der Waals surface area contributed by atoms with Crippen LogP contribution in [-0.2, 0) is 11.3 Å². The minimum absolute atomic E-state index is 0.0646. The normalized spacial score (nSPS) is 21.3. The second kappa shape index (κ2) is 10.2. The van der Waals surface area contributed by atoms with Crippen molar-refractivity contribution >= 4 is 17.5 Å². The summed E-state index contributed by atoms with van der Waals surface area (Å²) in [6, 6.07) is 5.24. The van der Waals surface area contributed by atoms with Gasteiger partial charge in [-0.15, -0.1) is 0 Å². The lowest BCUT2D eigenvalue weighted by Crippen LogP contribution is -2.40. The van der Waals surface area contributed by atoms with Crippen molar-refractivity contribution in [2.75, 3.05) is 31.5 Å². The number of hydrazine groups is 1. The summed E-state index contributed by atoms with van der Waals surface area (Å²) in [6.07, 6.45) is 5.57. The lowest BCUT2D eigenvalue weighted by Gasteiger charge is -2.32. The van der Waals surface area contributed by atoms with Gasteiger partial charge in [-0.1, -0.05) is 13.0 Å². The molecule has 0 bridgehead atoms. The largest absolute Gasteiger partial charge is 0.463 e. The topological polar surface area (TPSA) is 99.7 Å². The molecule has 0 aliphatic carbocycles. The van der Waals surface area contributed by atoms with Gasteiger partial charge in [-0.05, 0) is 68.8 Å². The smallest absolute Gasteiger partial charge is 0.284 e. The number of likely N-dealkylation sites (tertiary alicyclic amines) is 1. The molecule has 2 saturated heterocycles. The number of aromatic nitrogens is 2. The number of carbonyl (C=O) groups is 2. The van der Waals surface area contributed by atoms with E-state index >= 15 is 0 Å². The van der Waals surface area contributed by atoms with E-state index in [9.17, 15) is 14.0 Å². The summed E-state index contributed by atoms with van der Waals surface area (Å²) >= 11 is 0. The lowest BCUT2D eigenvalue weighted by molar-refractivity contribution is -0.123. The van der Waals surface area contributed by atoms with Gasteiger partial charge in [-0.3, -0.25) is 19.9 Å². The number of amides is 2. The third kappa shape index (κ3) is 5.28. The van der Waals surface area contributed by atoms with E-state index in [0.29, 0.717) is 30.1 Å². The van der Waals surface area contributed by atoms with E-state index in [-0.39, 0.29) is 23.4 Å². The van der Waals surface area contributed by atoms with Crippen molar-refractivity contribution in [3.05, 3.63) is 47.2 Å². The average Bonchev–Trinajstić information content (AvgIpc) is 3.37. The Bertz CT molecular complexity index is 1100. The first-order chi connectivity index (χ1) is 17.0. The van der Waals surface area contributed by atoms with Crippen molar-refractivity contribution in [1.82, 2.24) is 25.3 Å². The van der Waals surface area contributed by atoms with E-state index in [2.05, 4.69) is 25.6 Å². The first kappa shape index (κ1) is 23.6. The molecule has 9 nitrogen and oxygen atoms in total. The quantitative estimate of drug-likeness (QED) is 0.611. The van der Waals surface area contributed by atoms with Crippen LogP contribution < -0.4 is 15.5 Å². The highest BCUT2D eigenvalue weighted by molar-refractivity contribution is 5.97. The van der Waals surface area contributed by atoms with Gasteiger partial charge in [0.2, 0.25) is 11.8 Å². The number of ether oxygens (including phenoxy) is 1. The SMILES string of the molecule is CCC1Oc2ncc(CN3CCC(c4ccc(C(=O)NN5CCCC5)nc4F)CC3)cc2NC1=O. The molecular weight excluding hydrogens is 451 g/mol. The van der Waals surface area contributed by atoms with Crippen LogP contribution in [0.2, 0.25) is 0 Å². The van der Waals surface area contributed by atoms with Crippen LogP contribution in [0.3, 0.4) is 0 Å². The van der Waals surface area contributed by atoms with Crippen molar-refractivity contribution in [2.45, 2.75) is 57.6 Å². The first-order valence-electron chi connectivity index (χ1n) is 12.4. The molecule has 5 heterocycles. The number of halogens is 1. The van der Waals surface area contributed by atoms with Gasteiger partial charge in [0.05, 0.1) is 0 Å². The summed E-state index contributed by atoms with van der Waals surface area (Å²) in [7, 11) is 0. The highest BCUT2D eigenvalue weighted by Gasteiger charge is 2.28. The average molecular weight is 483 g/mol. The van der Waals surface area contributed by atoms with Crippen LogP contribution in [0.1, 0.15) is 66.6 Å². The van der Waals surface area contributed by atoms with Crippen molar-refractivity contribution in [1.29, 1.82) is 0 Å². The molecule has 2 N–H and O–H groups in total. The molecule has 10 heteroatoms. The van der Waals surface area contributed by atoms with Crippen LogP contribution in [0.25, 0.3) is 0 Å². The monoisotopic (exact) mass is 482 g/mol. The van der Waals surface area contributed by atoms with Gasteiger partial charge >= 0.3 is 0 Å². The van der Waals surface area contributed by atoms with Crippen LogP contribution in [0.4, 0.5) is 10.1 Å². The number of carbonyl (C=O) groups excluding carboxylic acids is 2. The fraction of sp³-hybridized carbons (Fsp3) is 0.520. The summed E-state index contributed by atoms with van der Waals surface area (Å²) < 4.78 is 20.5. The number of hydrogen-bond donors (Lipinski definition) is 2. The minimum atomic E-state index is -0.558. The van der Waals surface area contributed by atoms with E-state index in [1.165, 1.54) is 0 Å². The van der Waals surface area contributed by atoms with Gasteiger partial charge in [0.15, 0.2) is 6.10 Å². The maximum atomic E-state index is 14.8. The van der Waals surface area contributed by atoms with E-state index in [1.807, 2.05) is 18.0 Å². The van der Waals surface area contributed by atoms with Gasteiger partial charge in [-0.25, -0.2) is 15.0 Å². The van der Waals surface area contributed by atoms with Gasteiger partial charge in [0.1, 0.15) is 11.4 Å². The van der Waals surface area contributed by atoms with Crippen molar-refractivity contribution in [3.8, 4) is 5.88 Å². The molecule has 2 fully saturated rings. The van der Waals surface area contributed by atoms with E-state index < -0.39 is 12.1 Å². The zero-order valence-corrected chi connectivity index (χ0v) is 19.9. The van der Waals surface area contributed by atoms with Gasteiger partial charge < -0.3 is 10.1 Å². The summed E-state index contributed by atoms with van der Waals surface area (Å²) in [5.74, 6) is -0.542. The predicted molar refractivity (Wildman–Crippen MR) is 127 cm³/mol.